The largest absolute Gasteiger partial charge is 0.396 e. The van der Waals surface area contributed by atoms with E-state index in [9.17, 15) is 20.4 Å². The van der Waals surface area contributed by atoms with Gasteiger partial charge in [0.2, 0.25) is 0 Å². The summed E-state index contributed by atoms with van der Waals surface area (Å²) < 4.78 is 0. The van der Waals surface area contributed by atoms with E-state index in [-0.39, 0.29) is 26.4 Å². The number of rotatable bonds is 4. The second kappa shape index (κ2) is 28.3. The van der Waals surface area contributed by atoms with Crippen LogP contribution in [0.15, 0.2) is 0 Å². The molecule has 0 saturated heterocycles. The molecule has 0 atom stereocenters. The molecule has 1 rings (SSSR count). The van der Waals surface area contributed by atoms with E-state index in [1.54, 1.807) is 0 Å². The predicted molar refractivity (Wildman–Crippen MR) is 181 cm³/mol. The van der Waals surface area contributed by atoms with Crippen LogP contribution in [-0.4, -0.2) is 46.9 Å². The van der Waals surface area contributed by atoms with Crippen LogP contribution >= 0.6 is 0 Å². The van der Waals surface area contributed by atoms with E-state index in [0.717, 1.165) is 25.7 Å². The average molecular weight is 597 g/mol. The van der Waals surface area contributed by atoms with Gasteiger partial charge in [0.05, 0.1) is 26.4 Å². The van der Waals surface area contributed by atoms with Gasteiger partial charge in [-0.25, -0.2) is 0 Å². The average Bonchev–Trinajstić information content (AvgIpc) is 3.01. The van der Waals surface area contributed by atoms with Gasteiger partial charge in [-0.2, -0.15) is 0 Å². The van der Waals surface area contributed by atoms with Crippen LogP contribution < -0.4 is 0 Å². The summed E-state index contributed by atoms with van der Waals surface area (Å²) in [6.45, 7) is -0.704. The lowest BCUT2D eigenvalue weighted by atomic mass is 9.60. The third-order valence-electron chi connectivity index (χ3n) is 10.9. The summed E-state index contributed by atoms with van der Waals surface area (Å²) in [7, 11) is 0. The quantitative estimate of drug-likeness (QED) is 0.260. The summed E-state index contributed by atoms with van der Waals surface area (Å²) in [5, 5.41) is 41.7. The topological polar surface area (TPSA) is 80.9 Å². The minimum atomic E-state index is -0.812. The lowest BCUT2D eigenvalue weighted by Crippen LogP contribution is -2.52. The highest BCUT2D eigenvalue weighted by Gasteiger charge is 2.49. The van der Waals surface area contributed by atoms with E-state index in [0.29, 0.717) is 12.8 Å². The summed E-state index contributed by atoms with van der Waals surface area (Å²) in [5.41, 5.74) is -1.62. The second-order valence-corrected chi connectivity index (χ2v) is 14.3. The van der Waals surface area contributed by atoms with Crippen LogP contribution in [0.1, 0.15) is 205 Å². The van der Waals surface area contributed by atoms with Crippen molar-refractivity contribution < 1.29 is 20.4 Å². The van der Waals surface area contributed by atoms with Crippen LogP contribution in [0, 0.1) is 10.8 Å². The predicted octanol–water partition coefficient (Wildman–Crippen LogP) is 10.4. The van der Waals surface area contributed by atoms with E-state index in [4.69, 9.17) is 0 Å². The van der Waals surface area contributed by atoms with Crippen molar-refractivity contribution in [1.29, 1.82) is 0 Å². The van der Waals surface area contributed by atoms with Crippen LogP contribution in [0.2, 0.25) is 0 Å². The first-order valence-corrected chi connectivity index (χ1v) is 19.1. The van der Waals surface area contributed by atoms with Crippen molar-refractivity contribution in [2.45, 2.75) is 205 Å². The highest BCUT2D eigenvalue weighted by molar-refractivity contribution is 4.97. The number of hydrogen-bond donors (Lipinski definition) is 4. The SMILES string of the molecule is OCC1(CO)CCCCCCCCCCCCCCCCCCCCCCCCCCCCCCCCC1(CO)CO. The van der Waals surface area contributed by atoms with Gasteiger partial charge in [0.15, 0.2) is 0 Å². The van der Waals surface area contributed by atoms with Crippen LogP contribution in [0.4, 0.5) is 0 Å². The molecule has 0 aromatic carbocycles. The Bertz CT molecular complexity index is 495. The Kier molecular flexibility index (Phi) is 26.9. The lowest BCUT2D eigenvalue weighted by molar-refractivity contribution is -0.124. The van der Waals surface area contributed by atoms with Crippen molar-refractivity contribution in [1.82, 2.24) is 0 Å². The van der Waals surface area contributed by atoms with Gasteiger partial charge >= 0.3 is 0 Å². The minimum absolute atomic E-state index is 0.176. The van der Waals surface area contributed by atoms with Crippen molar-refractivity contribution in [3.63, 3.8) is 0 Å². The van der Waals surface area contributed by atoms with E-state index in [1.165, 1.54) is 167 Å². The molecule has 0 heterocycles. The molecule has 1 fully saturated rings. The Morgan fingerprint density at radius 3 is 0.452 bits per heavy atom. The van der Waals surface area contributed by atoms with Crippen LogP contribution in [0.5, 0.6) is 0 Å². The lowest BCUT2D eigenvalue weighted by Gasteiger charge is -2.47. The molecule has 0 unspecified atom stereocenters. The van der Waals surface area contributed by atoms with Crippen molar-refractivity contribution in [2.75, 3.05) is 26.4 Å². The van der Waals surface area contributed by atoms with Gasteiger partial charge in [0.25, 0.3) is 0 Å². The first kappa shape index (κ1) is 39.9. The van der Waals surface area contributed by atoms with Gasteiger partial charge in [0, 0.05) is 10.8 Å². The molecule has 0 aromatic rings. The fourth-order valence-electron chi connectivity index (χ4n) is 7.49. The van der Waals surface area contributed by atoms with Crippen molar-refractivity contribution in [3.8, 4) is 0 Å². The van der Waals surface area contributed by atoms with E-state index >= 15 is 0 Å². The summed E-state index contributed by atoms with van der Waals surface area (Å²) in [5.74, 6) is 0. The van der Waals surface area contributed by atoms with Crippen LogP contribution in [0.3, 0.4) is 0 Å². The van der Waals surface area contributed by atoms with E-state index in [1.807, 2.05) is 0 Å². The number of hydrogen-bond acceptors (Lipinski definition) is 4. The van der Waals surface area contributed by atoms with Gasteiger partial charge < -0.3 is 20.4 Å². The fourth-order valence-corrected chi connectivity index (χ4v) is 7.49. The normalized spacial score (nSPS) is 24.3. The molecule has 4 nitrogen and oxygen atoms in total. The van der Waals surface area contributed by atoms with Gasteiger partial charge in [0.1, 0.15) is 0 Å². The van der Waals surface area contributed by atoms with Crippen molar-refractivity contribution in [3.05, 3.63) is 0 Å². The number of aliphatic hydroxyl groups is 4. The maximum Gasteiger partial charge on any atom is 0.0516 e. The molecule has 0 bridgehead atoms. The van der Waals surface area contributed by atoms with Crippen molar-refractivity contribution >= 4 is 0 Å². The summed E-state index contributed by atoms with van der Waals surface area (Å²) in [6.07, 6.45) is 41.2. The van der Waals surface area contributed by atoms with Crippen LogP contribution in [-0.2, 0) is 0 Å². The number of aliphatic hydroxyl groups excluding tert-OH is 4. The van der Waals surface area contributed by atoms with Gasteiger partial charge in [-0.3, -0.25) is 0 Å². The zero-order valence-corrected chi connectivity index (χ0v) is 28.2. The summed E-state index contributed by atoms with van der Waals surface area (Å²) in [4.78, 5) is 0. The maximum absolute atomic E-state index is 10.4. The second-order valence-electron chi connectivity index (χ2n) is 14.3. The summed E-state index contributed by atoms with van der Waals surface area (Å²) in [6, 6.07) is 0. The fraction of sp³-hybridized carbons (Fsp3) is 1.00. The molecule has 0 radical (unpaired) electrons. The Hall–Kier alpha value is -0.160. The summed E-state index contributed by atoms with van der Waals surface area (Å²) >= 11 is 0. The van der Waals surface area contributed by atoms with Crippen LogP contribution in [0.25, 0.3) is 0 Å². The highest BCUT2D eigenvalue weighted by Crippen LogP contribution is 2.46. The Labute approximate surface area is 262 Å². The van der Waals surface area contributed by atoms with Gasteiger partial charge in [-0.1, -0.05) is 193 Å². The molecule has 42 heavy (non-hydrogen) atoms. The smallest absolute Gasteiger partial charge is 0.0516 e. The maximum atomic E-state index is 10.4. The Balaban J connectivity index is 2.45. The standard InChI is InChI=1S/C38H76O4/c39-33-37(34-40)31-29-27-25-23-21-19-17-15-13-11-9-7-5-3-1-2-4-6-8-10-12-14-16-18-20-22-24-26-28-30-32-38(37,35-41)36-42/h39-42H,1-36H2. The molecule has 0 amide bonds. The first-order chi connectivity index (χ1) is 20.7. The molecule has 1 aliphatic carbocycles. The van der Waals surface area contributed by atoms with Gasteiger partial charge in [-0.15, -0.1) is 0 Å². The monoisotopic (exact) mass is 597 g/mol. The first-order valence-electron chi connectivity index (χ1n) is 19.1. The third-order valence-corrected chi connectivity index (χ3v) is 10.9. The zero-order valence-electron chi connectivity index (χ0n) is 28.2. The molecule has 4 N–H and O–H groups in total. The van der Waals surface area contributed by atoms with E-state index < -0.39 is 10.8 Å². The molecular weight excluding hydrogens is 520 g/mol. The van der Waals surface area contributed by atoms with Crippen molar-refractivity contribution in [2.24, 2.45) is 10.8 Å². The third kappa shape index (κ3) is 18.0. The zero-order chi connectivity index (χ0) is 30.5. The minimum Gasteiger partial charge on any atom is -0.396 e. The molecule has 1 aliphatic rings. The molecular formula is C38H76O4. The van der Waals surface area contributed by atoms with E-state index in [2.05, 4.69) is 0 Å². The Morgan fingerprint density at radius 2 is 0.333 bits per heavy atom. The molecule has 0 aromatic heterocycles. The Morgan fingerprint density at radius 1 is 0.214 bits per heavy atom. The van der Waals surface area contributed by atoms with Gasteiger partial charge in [-0.05, 0) is 12.8 Å². The molecule has 1 saturated carbocycles. The molecule has 252 valence electrons. The highest BCUT2D eigenvalue weighted by atomic mass is 16.3. The molecule has 4 heteroatoms. The molecule has 0 spiro atoms. The molecule has 0 aliphatic heterocycles.